The fourth-order valence-electron chi connectivity index (χ4n) is 7.68. The number of rotatable bonds is 12. The first-order valence-corrected chi connectivity index (χ1v) is 20.2. The van der Waals surface area contributed by atoms with E-state index in [0.29, 0.717) is 63.6 Å². The van der Waals surface area contributed by atoms with Crippen LogP contribution in [0.5, 0.6) is 5.75 Å². The summed E-state index contributed by atoms with van der Waals surface area (Å²) in [5, 5.41) is 40.3. The van der Waals surface area contributed by atoms with E-state index in [-0.39, 0.29) is 11.9 Å². The fourth-order valence-corrected chi connectivity index (χ4v) is 12.9. The second-order valence-corrected chi connectivity index (χ2v) is 19.7. The van der Waals surface area contributed by atoms with E-state index in [9.17, 15) is 23.6 Å². The van der Waals surface area contributed by atoms with E-state index in [1.165, 1.54) is 36.5 Å². The van der Waals surface area contributed by atoms with E-state index < -0.39 is 32.2 Å². The summed E-state index contributed by atoms with van der Waals surface area (Å²) in [5.74, 6) is -4.46. The minimum atomic E-state index is -2.25. The fraction of sp³-hybridized carbons (Fsp3) is 0.462. The Morgan fingerprint density at radius 2 is 1.35 bits per heavy atom. The van der Waals surface area contributed by atoms with Gasteiger partial charge in [-0.15, -0.1) is 0 Å². The van der Waals surface area contributed by atoms with Crippen LogP contribution in [-0.4, -0.2) is 81.8 Å². The molecule has 1 fully saturated rings. The summed E-state index contributed by atoms with van der Waals surface area (Å²) in [7, 11) is -2.25. The minimum Gasteiger partial charge on any atom is -0.542 e. The number of fused-ring (bicyclic) bond motifs is 2. The molecule has 0 saturated carbocycles. The molecular formula is C39H52FN3O10Si. The van der Waals surface area contributed by atoms with Crippen molar-refractivity contribution in [3.63, 3.8) is 0 Å². The van der Waals surface area contributed by atoms with Gasteiger partial charge in [-0.3, -0.25) is 4.90 Å². The number of aliphatic carboxylic acids is 4. The first-order chi connectivity index (χ1) is 25.4. The summed E-state index contributed by atoms with van der Waals surface area (Å²) in [6, 6.07) is 9.68. The van der Waals surface area contributed by atoms with Crippen molar-refractivity contribution in [2.24, 2.45) is 0 Å². The summed E-state index contributed by atoms with van der Waals surface area (Å²) in [6.45, 7) is 19.2. The Bertz CT molecular complexity index is 1760. The maximum absolute atomic E-state index is 14.4. The van der Waals surface area contributed by atoms with Crippen LogP contribution >= 0.6 is 0 Å². The molecule has 2 atom stereocenters. The lowest BCUT2D eigenvalue weighted by Gasteiger charge is -2.42. The Balaban J connectivity index is 0.000000410. The Morgan fingerprint density at radius 1 is 0.833 bits per heavy atom. The summed E-state index contributed by atoms with van der Waals surface area (Å²) in [4.78, 5) is 40.8. The van der Waals surface area contributed by atoms with E-state index >= 15 is 0 Å². The zero-order valence-electron chi connectivity index (χ0n) is 31.8. The van der Waals surface area contributed by atoms with E-state index in [0.717, 1.165) is 30.9 Å². The SMILES string of the molecule is CC(C1NCc2c1ccc(O[Si](C(C)C)(C(C)C)C(C)C)c2-c1noc2ccc(F)cc12)N1CCCCC1.O=C(O)C=CC(=O)O.O=C(O)C=CC(=O)O. The second kappa shape index (κ2) is 19.5. The highest BCUT2D eigenvalue weighted by molar-refractivity contribution is 6.78. The third-order valence-corrected chi connectivity index (χ3v) is 16.0. The summed E-state index contributed by atoms with van der Waals surface area (Å²) >= 11 is 0. The number of piperidine rings is 1. The molecule has 0 radical (unpaired) electrons. The highest BCUT2D eigenvalue weighted by Crippen LogP contribution is 2.48. The van der Waals surface area contributed by atoms with Crippen molar-refractivity contribution in [1.82, 2.24) is 15.4 Å². The van der Waals surface area contributed by atoms with E-state index in [1.807, 2.05) is 0 Å². The number of benzene rings is 2. The molecule has 15 heteroatoms. The molecule has 3 aromatic rings. The van der Waals surface area contributed by atoms with Gasteiger partial charge in [0.1, 0.15) is 17.3 Å². The van der Waals surface area contributed by atoms with Crippen LogP contribution in [0.1, 0.15) is 84.9 Å². The largest absolute Gasteiger partial charge is 0.542 e. The molecular weight excluding hydrogens is 718 g/mol. The molecule has 5 rings (SSSR count). The number of likely N-dealkylation sites (tertiary alicyclic amines) is 1. The van der Waals surface area contributed by atoms with Crippen LogP contribution in [0.25, 0.3) is 22.2 Å². The van der Waals surface area contributed by atoms with Crippen molar-refractivity contribution in [1.29, 1.82) is 0 Å². The first kappa shape index (κ1) is 43.5. The zero-order chi connectivity index (χ0) is 40.3. The van der Waals surface area contributed by atoms with Gasteiger partial charge in [-0.1, -0.05) is 59.2 Å². The quantitative estimate of drug-likeness (QED) is 0.0891. The van der Waals surface area contributed by atoms with Crippen molar-refractivity contribution in [3.05, 3.63) is 71.6 Å². The second-order valence-electron chi connectivity index (χ2n) is 14.3. The molecule has 2 aliphatic heterocycles. The van der Waals surface area contributed by atoms with Gasteiger partial charge in [-0.05, 0) is 84.9 Å². The van der Waals surface area contributed by atoms with Crippen LogP contribution in [0.4, 0.5) is 4.39 Å². The average molecular weight is 770 g/mol. The Morgan fingerprint density at radius 3 is 1.83 bits per heavy atom. The van der Waals surface area contributed by atoms with Crippen molar-refractivity contribution >= 4 is 43.2 Å². The van der Waals surface area contributed by atoms with E-state index in [1.54, 1.807) is 12.1 Å². The number of carboxylic acids is 4. The maximum atomic E-state index is 14.4. The number of nitrogens with zero attached hydrogens (tertiary/aromatic N) is 2. The van der Waals surface area contributed by atoms with Crippen LogP contribution in [-0.2, 0) is 25.7 Å². The Hall–Kier alpha value is -4.86. The molecule has 0 aliphatic carbocycles. The van der Waals surface area contributed by atoms with Gasteiger partial charge >= 0.3 is 23.9 Å². The molecule has 54 heavy (non-hydrogen) atoms. The van der Waals surface area contributed by atoms with Gasteiger partial charge in [0.15, 0.2) is 5.58 Å². The van der Waals surface area contributed by atoms with E-state index in [2.05, 4.69) is 76.0 Å². The van der Waals surface area contributed by atoms with Gasteiger partial charge in [-0.25, -0.2) is 23.6 Å². The molecule has 1 saturated heterocycles. The predicted molar refractivity (Wildman–Crippen MR) is 204 cm³/mol. The van der Waals surface area contributed by atoms with Crippen molar-refractivity contribution in [2.75, 3.05) is 13.1 Å². The predicted octanol–water partition coefficient (Wildman–Crippen LogP) is 7.63. The third-order valence-electron chi connectivity index (χ3n) is 9.99. The number of hydrogen-bond acceptors (Lipinski definition) is 9. The van der Waals surface area contributed by atoms with Gasteiger partial charge in [0.25, 0.3) is 8.32 Å². The molecule has 2 aromatic carbocycles. The number of aromatic nitrogens is 1. The minimum absolute atomic E-state index is 0.230. The molecule has 1 aromatic heterocycles. The average Bonchev–Trinajstić information content (AvgIpc) is 3.73. The molecule has 0 bridgehead atoms. The third kappa shape index (κ3) is 10.9. The van der Waals surface area contributed by atoms with Gasteiger partial charge in [-0.2, -0.15) is 0 Å². The molecule has 3 heterocycles. The van der Waals surface area contributed by atoms with Crippen LogP contribution in [0.2, 0.25) is 16.6 Å². The highest BCUT2D eigenvalue weighted by atomic mass is 28.4. The molecule has 5 N–H and O–H groups in total. The summed E-state index contributed by atoms with van der Waals surface area (Å²) < 4.78 is 27.4. The topological polar surface area (TPSA) is 200 Å². The highest BCUT2D eigenvalue weighted by Gasteiger charge is 2.48. The zero-order valence-corrected chi connectivity index (χ0v) is 32.8. The van der Waals surface area contributed by atoms with Crippen molar-refractivity contribution in [3.8, 4) is 17.0 Å². The molecule has 2 aliphatic rings. The molecule has 13 nitrogen and oxygen atoms in total. The lowest BCUT2D eigenvalue weighted by Crippen LogP contribution is -2.50. The van der Waals surface area contributed by atoms with Crippen molar-refractivity contribution in [2.45, 2.75) is 103 Å². The van der Waals surface area contributed by atoms with Crippen LogP contribution in [0.3, 0.4) is 0 Å². The first-order valence-electron chi connectivity index (χ1n) is 18.1. The standard InChI is InChI=1S/C31H44FN3O2Si.2C4H4O4/c1-19(2)38(20(3)4,21(5)6)37-28-14-12-24-26(18-33-30(24)22(7)35-15-9-8-10-16-35)29(28)31-25-17-23(32)11-13-27(25)36-34-31;2*5-3(6)1-2-4(7)8/h11-14,17,19-22,30,33H,8-10,15-16,18H2,1-7H3;2*1-2H,(H,5,6)(H,7,8). The Labute approximate surface area is 315 Å². The molecule has 0 spiro atoms. The number of carbonyl (C=O) groups is 4. The van der Waals surface area contributed by atoms with Crippen LogP contribution < -0.4 is 9.74 Å². The number of carboxylic acid groups (broad SMARTS) is 4. The smallest absolute Gasteiger partial charge is 0.328 e. The molecule has 294 valence electrons. The maximum Gasteiger partial charge on any atom is 0.328 e. The van der Waals surface area contributed by atoms with Crippen LogP contribution in [0, 0.1) is 5.82 Å². The lowest BCUT2D eigenvalue weighted by molar-refractivity contribution is -0.134. The van der Waals surface area contributed by atoms with Crippen molar-refractivity contribution < 1.29 is 52.9 Å². The van der Waals surface area contributed by atoms with Crippen LogP contribution in [0.15, 0.2) is 59.2 Å². The normalized spacial score (nSPS) is 16.6. The number of nitrogens with one attached hydrogen (secondary N) is 1. The monoisotopic (exact) mass is 769 g/mol. The molecule has 0 amide bonds. The van der Waals surface area contributed by atoms with Gasteiger partial charge < -0.3 is 34.7 Å². The number of halogens is 1. The lowest BCUT2D eigenvalue weighted by atomic mass is 9.92. The van der Waals surface area contributed by atoms with E-state index in [4.69, 9.17) is 29.4 Å². The summed E-state index contributed by atoms with van der Waals surface area (Å²) in [6.07, 6.45) is 6.09. The Kier molecular flexibility index (Phi) is 15.7. The van der Waals surface area contributed by atoms with Gasteiger partial charge in [0.2, 0.25) is 0 Å². The summed E-state index contributed by atoms with van der Waals surface area (Å²) in [5.41, 5.74) is 6.03. The molecule has 2 unspecified atom stereocenters. The van der Waals surface area contributed by atoms with Gasteiger partial charge in [0, 0.05) is 48.5 Å². The number of hydrogen-bond donors (Lipinski definition) is 5. The van der Waals surface area contributed by atoms with Gasteiger partial charge in [0.05, 0.1) is 5.39 Å².